The van der Waals surface area contributed by atoms with Gasteiger partial charge in [0.1, 0.15) is 12.2 Å². The molecule has 92 valence electrons. The van der Waals surface area contributed by atoms with Crippen molar-refractivity contribution in [2.75, 3.05) is 6.79 Å². The van der Waals surface area contributed by atoms with Gasteiger partial charge in [0.05, 0.1) is 0 Å². The number of Topliss-reactive ketones (excluding diaryl/α,β-unsaturated/α-hetero) is 1. The van der Waals surface area contributed by atoms with Gasteiger partial charge in [-0.25, -0.2) is 0 Å². The molecule has 0 rings (SSSR count). The number of aliphatic hydroxyl groups is 1. The Balaban J connectivity index is -0.000000200. The van der Waals surface area contributed by atoms with Gasteiger partial charge in [-0.2, -0.15) is 0 Å². The van der Waals surface area contributed by atoms with E-state index < -0.39 is 12.8 Å². The summed E-state index contributed by atoms with van der Waals surface area (Å²) in [5, 5.41) is 15.9. The molecule has 0 fully saturated rings. The van der Waals surface area contributed by atoms with E-state index in [4.69, 9.17) is 10.2 Å². The van der Waals surface area contributed by atoms with Crippen molar-refractivity contribution >= 4 is 55.5 Å². The molecule has 0 aromatic carbocycles. The molecule has 0 aromatic rings. The monoisotopic (exact) mass is 262 g/mol. The van der Waals surface area contributed by atoms with E-state index in [1.165, 1.54) is 6.92 Å². The number of hydrogen-bond acceptors (Lipinski definition) is 5. The van der Waals surface area contributed by atoms with Gasteiger partial charge in [-0.1, -0.05) is 6.92 Å². The van der Waals surface area contributed by atoms with Gasteiger partial charge in [-0.05, 0) is 13.3 Å². The Kier molecular flexibility index (Phi) is 19.6. The van der Waals surface area contributed by atoms with E-state index >= 15 is 0 Å². The zero-order chi connectivity index (χ0) is 12.3. The molecule has 0 saturated carbocycles. The molecule has 0 saturated heterocycles. The van der Waals surface area contributed by atoms with Crippen molar-refractivity contribution in [2.24, 2.45) is 0 Å². The fourth-order valence-corrected chi connectivity index (χ4v) is 0.561. The van der Waals surface area contributed by atoms with E-state index in [1.54, 1.807) is 0 Å². The maximum absolute atomic E-state index is 10.3. The van der Waals surface area contributed by atoms with Gasteiger partial charge in [-0.15, -0.1) is 0 Å². The van der Waals surface area contributed by atoms with E-state index in [0.717, 1.165) is 6.42 Å². The summed E-state index contributed by atoms with van der Waals surface area (Å²) in [6, 6.07) is 0. The Morgan fingerprint density at radius 2 is 1.75 bits per heavy atom. The van der Waals surface area contributed by atoms with Crippen LogP contribution in [0.2, 0.25) is 0 Å². The van der Waals surface area contributed by atoms with Crippen LogP contribution in [0.3, 0.4) is 0 Å². The van der Waals surface area contributed by atoms with Crippen molar-refractivity contribution in [1.82, 2.24) is 0 Å². The van der Waals surface area contributed by atoms with Crippen LogP contribution in [0.5, 0.6) is 0 Å². The predicted molar refractivity (Wildman–Crippen MR) is 59.6 cm³/mol. The molecule has 6 nitrogen and oxygen atoms in total. The first-order chi connectivity index (χ1) is 6.93. The summed E-state index contributed by atoms with van der Waals surface area (Å²) in [6.45, 7) is 2.62. The number of esters is 1. The van der Waals surface area contributed by atoms with E-state index in [0.29, 0.717) is 6.42 Å². The summed E-state index contributed by atoms with van der Waals surface area (Å²) in [5.41, 5.74) is 0. The number of carbonyl (C=O) groups is 3. The number of carbonyl (C=O) groups excluding carboxylic acids is 2. The summed E-state index contributed by atoms with van der Waals surface area (Å²) >= 11 is 0. The van der Waals surface area contributed by atoms with Gasteiger partial charge in [0.15, 0.2) is 6.79 Å². The summed E-state index contributed by atoms with van der Waals surface area (Å²) in [7, 11) is 0. The average Bonchev–Trinajstić information content (AvgIpc) is 2.03. The van der Waals surface area contributed by atoms with E-state index in [-0.39, 0.29) is 55.9 Å². The Morgan fingerprint density at radius 1 is 1.25 bits per heavy atom. The van der Waals surface area contributed by atoms with Crippen molar-refractivity contribution in [3.8, 4) is 0 Å². The van der Waals surface area contributed by atoms with Gasteiger partial charge >= 0.3 is 49.7 Å². The molecule has 0 amide bonds. The molecule has 0 aliphatic carbocycles. The van der Waals surface area contributed by atoms with Gasteiger partial charge in [0.25, 0.3) is 0 Å². The Hall–Kier alpha value is -0.170. The van der Waals surface area contributed by atoms with Crippen LogP contribution in [-0.2, 0) is 19.1 Å². The first-order valence-corrected chi connectivity index (χ1v) is 4.41. The van der Waals surface area contributed by atoms with Gasteiger partial charge in [-0.3, -0.25) is 14.4 Å². The number of rotatable bonds is 5. The summed E-state index contributed by atoms with van der Waals surface area (Å²) in [6.07, 6.45) is 0.791. The molecule has 0 aliphatic heterocycles. The normalized spacial score (nSPS) is 7.94. The molecule has 2 N–H and O–H groups in total. The molecule has 0 atom stereocenters. The van der Waals surface area contributed by atoms with Gasteiger partial charge in [0.2, 0.25) is 0 Å². The third kappa shape index (κ3) is 23.6. The molecule has 16 heavy (non-hydrogen) atoms. The minimum absolute atomic E-state index is 0. The quantitative estimate of drug-likeness (QED) is 0.297. The number of carboxylic acid groups (broad SMARTS) is 1. The topological polar surface area (TPSA) is 101 Å². The Bertz CT molecular complexity index is 196. The predicted octanol–water partition coefficient (Wildman–Crippen LogP) is -0.587. The van der Waals surface area contributed by atoms with E-state index in [9.17, 15) is 14.4 Å². The van der Waals surface area contributed by atoms with Gasteiger partial charge in [0, 0.05) is 6.42 Å². The molecular formula is C9H18CaO6. The summed E-state index contributed by atoms with van der Waals surface area (Å²) in [4.78, 5) is 29.7. The second kappa shape index (κ2) is 14.8. The van der Waals surface area contributed by atoms with Crippen molar-refractivity contribution in [3.63, 3.8) is 0 Å². The first kappa shape index (κ1) is 21.1. The number of hydrogen-bond donors (Lipinski definition) is 2. The maximum atomic E-state index is 10.3. The average molecular weight is 262 g/mol. The number of carboxylic acids is 1. The van der Waals surface area contributed by atoms with Gasteiger partial charge < -0.3 is 14.9 Å². The van der Waals surface area contributed by atoms with Crippen LogP contribution >= 0.6 is 0 Å². The number of aliphatic hydroxyl groups excluding tert-OH is 1. The zero-order valence-corrected chi connectivity index (χ0v) is 8.86. The Morgan fingerprint density at radius 3 is 1.94 bits per heavy atom. The van der Waals surface area contributed by atoms with Crippen molar-refractivity contribution in [1.29, 1.82) is 0 Å². The number of ether oxygens (including phenoxy) is 1. The molecule has 0 bridgehead atoms. The van der Waals surface area contributed by atoms with Crippen LogP contribution in [0.1, 0.15) is 33.1 Å². The number of ketones is 1. The first-order valence-electron chi connectivity index (χ1n) is 4.41. The number of aliphatic carboxylic acids is 1. The van der Waals surface area contributed by atoms with E-state index in [2.05, 4.69) is 4.74 Å². The van der Waals surface area contributed by atoms with Crippen LogP contribution < -0.4 is 0 Å². The molecule has 0 radical (unpaired) electrons. The second-order valence-corrected chi connectivity index (χ2v) is 2.67. The standard InChI is InChI=1S/C5H10O3.C4H6O3.Ca.2H/c1-2-3-5(7)8-4-6;1-3(5)2-4(6)7;;;/h6H,2-4H2,1H3;2H2,1H3,(H,6,7);;;. The van der Waals surface area contributed by atoms with Crippen molar-refractivity contribution < 1.29 is 29.3 Å². The van der Waals surface area contributed by atoms with Crippen LogP contribution in [-0.4, -0.2) is 72.5 Å². The van der Waals surface area contributed by atoms with Crippen LogP contribution in [0, 0.1) is 0 Å². The molecule has 0 aliphatic rings. The van der Waals surface area contributed by atoms with Crippen LogP contribution in [0.4, 0.5) is 0 Å². The molecule has 0 spiro atoms. The third-order valence-corrected chi connectivity index (χ3v) is 1.08. The SMILES string of the molecule is CC(=O)CC(=O)O.CCCC(=O)OCO.[CaH2]. The Labute approximate surface area is 124 Å². The molecule has 7 heteroatoms. The van der Waals surface area contributed by atoms with Crippen LogP contribution in [0.15, 0.2) is 0 Å². The van der Waals surface area contributed by atoms with Crippen molar-refractivity contribution in [2.45, 2.75) is 33.1 Å². The second-order valence-electron chi connectivity index (χ2n) is 2.67. The summed E-state index contributed by atoms with van der Waals surface area (Å²) < 4.78 is 4.20. The molecule has 0 unspecified atom stereocenters. The minimum atomic E-state index is -1.06. The molecule has 0 heterocycles. The summed E-state index contributed by atoms with van der Waals surface area (Å²) in [5.74, 6) is -1.71. The van der Waals surface area contributed by atoms with Crippen molar-refractivity contribution in [3.05, 3.63) is 0 Å². The zero-order valence-electron chi connectivity index (χ0n) is 8.86. The third-order valence-electron chi connectivity index (χ3n) is 1.08. The van der Waals surface area contributed by atoms with E-state index in [1.807, 2.05) is 6.92 Å². The molecule has 0 aromatic heterocycles. The fraction of sp³-hybridized carbons (Fsp3) is 0.667. The molecular weight excluding hydrogens is 244 g/mol. The fourth-order valence-electron chi connectivity index (χ4n) is 0.561. The van der Waals surface area contributed by atoms with Crippen LogP contribution in [0.25, 0.3) is 0 Å².